The van der Waals surface area contributed by atoms with E-state index in [9.17, 15) is 4.39 Å². The number of hydrogen-bond donors (Lipinski definition) is 1. The van der Waals surface area contributed by atoms with Crippen LogP contribution in [0.25, 0.3) is 11.0 Å². The fraction of sp³-hybridized carbons (Fsp3) is 0.500. The molecule has 3 rings (SSSR count). The second-order valence-corrected chi connectivity index (χ2v) is 5.39. The molecule has 0 spiro atoms. The Bertz CT molecular complexity index is 613. The molecule has 1 fully saturated rings. The molecule has 1 aliphatic rings. The molecule has 4 nitrogen and oxygen atoms in total. The van der Waals surface area contributed by atoms with E-state index >= 15 is 0 Å². The largest absolute Gasteiger partial charge is 0.456 e. The molecule has 0 amide bonds. The smallest absolute Gasteiger partial charge is 0.169 e. The first-order chi connectivity index (χ1) is 10.2. The molecule has 0 saturated carbocycles. The minimum atomic E-state index is -0.503. The van der Waals surface area contributed by atoms with E-state index in [4.69, 9.17) is 19.6 Å². The third-order valence-corrected chi connectivity index (χ3v) is 4.16. The van der Waals surface area contributed by atoms with Crippen LogP contribution in [-0.4, -0.2) is 25.4 Å². The molecule has 0 radical (unpaired) electrons. The van der Waals surface area contributed by atoms with Crippen LogP contribution < -0.4 is 5.73 Å². The summed E-state index contributed by atoms with van der Waals surface area (Å²) in [6, 6.07) is 6.23. The average molecular weight is 293 g/mol. The predicted molar refractivity (Wildman–Crippen MR) is 77.5 cm³/mol. The number of fused-ring (bicyclic) bond motifs is 1. The number of ether oxygens (including phenoxy) is 2. The number of halogens is 1. The highest BCUT2D eigenvalue weighted by atomic mass is 19.1. The summed E-state index contributed by atoms with van der Waals surface area (Å²) in [6.07, 6.45) is 1.42. The highest BCUT2D eigenvalue weighted by Gasteiger charge is 2.41. The summed E-state index contributed by atoms with van der Waals surface area (Å²) < 4.78 is 30.8. The molecule has 0 aliphatic carbocycles. The molecule has 5 heteroatoms. The summed E-state index contributed by atoms with van der Waals surface area (Å²) in [5.41, 5.74) is 6.16. The maximum absolute atomic E-state index is 13.8. The van der Waals surface area contributed by atoms with Gasteiger partial charge in [-0.25, -0.2) is 4.39 Å². The standard InChI is InChI=1S/C16H20FNO3/c1-2-20-16(6-8-19-9-7-16)15(18)13-10-11-4-3-5-12(17)14(11)21-13/h3-5,10,15H,2,6-9,18H2,1H3. The van der Waals surface area contributed by atoms with E-state index in [-0.39, 0.29) is 11.4 Å². The Kier molecular flexibility index (Phi) is 3.97. The first kappa shape index (κ1) is 14.5. The van der Waals surface area contributed by atoms with E-state index in [2.05, 4.69) is 0 Å². The molecule has 2 N–H and O–H groups in total. The molecule has 1 aromatic heterocycles. The average Bonchev–Trinajstić information content (AvgIpc) is 2.93. The number of hydrogen-bond acceptors (Lipinski definition) is 4. The van der Waals surface area contributed by atoms with Crippen LogP contribution in [0.3, 0.4) is 0 Å². The third-order valence-electron chi connectivity index (χ3n) is 4.16. The first-order valence-corrected chi connectivity index (χ1v) is 7.31. The lowest BCUT2D eigenvalue weighted by Crippen LogP contribution is -2.48. The van der Waals surface area contributed by atoms with E-state index in [0.717, 1.165) is 5.39 Å². The van der Waals surface area contributed by atoms with Crippen molar-refractivity contribution in [2.24, 2.45) is 5.73 Å². The van der Waals surface area contributed by atoms with Crippen molar-refractivity contribution in [3.63, 3.8) is 0 Å². The van der Waals surface area contributed by atoms with Gasteiger partial charge in [0.15, 0.2) is 11.4 Å². The first-order valence-electron chi connectivity index (χ1n) is 7.31. The maximum Gasteiger partial charge on any atom is 0.169 e. The van der Waals surface area contributed by atoms with Crippen LogP contribution in [0.15, 0.2) is 28.7 Å². The summed E-state index contributed by atoms with van der Waals surface area (Å²) in [7, 11) is 0. The van der Waals surface area contributed by atoms with Gasteiger partial charge in [-0.2, -0.15) is 0 Å². The molecule has 114 valence electrons. The Hall–Kier alpha value is -1.43. The Morgan fingerprint density at radius 1 is 1.38 bits per heavy atom. The van der Waals surface area contributed by atoms with Gasteiger partial charge in [-0.15, -0.1) is 0 Å². The number of rotatable bonds is 4. The van der Waals surface area contributed by atoms with E-state index < -0.39 is 11.6 Å². The lowest BCUT2D eigenvalue weighted by atomic mass is 9.85. The van der Waals surface area contributed by atoms with Crippen molar-refractivity contribution in [3.8, 4) is 0 Å². The summed E-state index contributed by atoms with van der Waals surface area (Å²) >= 11 is 0. The number of nitrogens with two attached hydrogens (primary N) is 1. The number of furan rings is 1. The Labute approximate surface area is 123 Å². The van der Waals surface area contributed by atoms with Gasteiger partial charge < -0.3 is 19.6 Å². The number of para-hydroxylation sites is 1. The predicted octanol–water partition coefficient (Wildman–Crippen LogP) is 3.16. The normalized spacial score (nSPS) is 19.8. The van der Waals surface area contributed by atoms with Gasteiger partial charge >= 0.3 is 0 Å². The van der Waals surface area contributed by atoms with Gasteiger partial charge in [-0.3, -0.25) is 0 Å². The minimum absolute atomic E-state index is 0.252. The maximum atomic E-state index is 13.8. The Balaban J connectivity index is 1.97. The van der Waals surface area contributed by atoms with E-state index in [1.54, 1.807) is 12.1 Å². The summed E-state index contributed by atoms with van der Waals surface area (Å²) in [4.78, 5) is 0. The molecule has 21 heavy (non-hydrogen) atoms. The molecule has 2 heterocycles. The van der Waals surface area contributed by atoms with Crippen molar-refractivity contribution >= 4 is 11.0 Å². The number of benzene rings is 1. The van der Waals surface area contributed by atoms with Gasteiger partial charge in [0.2, 0.25) is 0 Å². The fourth-order valence-electron chi connectivity index (χ4n) is 3.01. The molecule has 1 atom stereocenters. The zero-order valence-corrected chi connectivity index (χ0v) is 12.1. The Morgan fingerprint density at radius 3 is 2.81 bits per heavy atom. The van der Waals surface area contributed by atoms with Crippen molar-refractivity contribution < 1.29 is 18.3 Å². The van der Waals surface area contributed by atoms with Gasteiger partial charge in [0.05, 0.1) is 11.6 Å². The van der Waals surface area contributed by atoms with Crippen LogP contribution in [0, 0.1) is 5.82 Å². The van der Waals surface area contributed by atoms with Gasteiger partial charge in [0.1, 0.15) is 5.76 Å². The van der Waals surface area contributed by atoms with E-state index in [1.807, 2.05) is 13.0 Å². The molecule has 1 aliphatic heterocycles. The van der Waals surface area contributed by atoms with Crippen molar-refractivity contribution in [3.05, 3.63) is 35.8 Å². The lowest BCUT2D eigenvalue weighted by Gasteiger charge is -2.40. The lowest BCUT2D eigenvalue weighted by molar-refractivity contribution is -0.124. The Morgan fingerprint density at radius 2 is 2.14 bits per heavy atom. The van der Waals surface area contributed by atoms with Crippen LogP contribution in [-0.2, 0) is 9.47 Å². The minimum Gasteiger partial charge on any atom is -0.456 e. The fourth-order valence-corrected chi connectivity index (χ4v) is 3.01. The van der Waals surface area contributed by atoms with Crippen LogP contribution in [0.5, 0.6) is 0 Å². The van der Waals surface area contributed by atoms with Crippen molar-refractivity contribution in [2.75, 3.05) is 19.8 Å². The molecule has 0 bridgehead atoms. The molecular formula is C16H20FNO3. The second-order valence-electron chi connectivity index (χ2n) is 5.39. The van der Waals surface area contributed by atoms with Crippen molar-refractivity contribution in [1.29, 1.82) is 0 Å². The van der Waals surface area contributed by atoms with Crippen LogP contribution >= 0.6 is 0 Å². The van der Waals surface area contributed by atoms with E-state index in [0.29, 0.717) is 38.4 Å². The summed E-state index contributed by atoms with van der Waals surface area (Å²) in [5.74, 6) is 0.189. The van der Waals surface area contributed by atoms with Gasteiger partial charge in [0, 0.05) is 38.0 Å². The van der Waals surface area contributed by atoms with Crippen LogP contribution in [0.4, 0.5) is 4.39 Å². The highest BCUT2D eigenvalue weighted by molar-refractivity contribution is 5.78. The monoisotopic (exact) mass is 293 g/mol. The molecule has 1 aromatic carbocycles. The zero-order chi connectivity index (χ0) is 14.9. The molecular weight excluding hydrogens is 273 g/mol. The van der Waals surface area contributed by atoms with Crippen LogP contribution in [0.2, 0.25) is 0 Å². The van der Waals surface area contributed by atoms with Crippen molar-refractivity contribution in [2.45, 2.75) is 31.4 Å². The molecule has 2 aromatic rings. The topological polar surface area (TPSA) is 57.6 Å². The second kappa shape index (κ2) is 5.75. The third kappa shape index (κ3) is 2.57. The van der Waals surface area contributed by atoms with Gasteiger partial charge in [-0.1, -0.05) is 12.1 Å². The molecule has 1 saturated heterocycles. The van der Waals surface area contributed by atoms with Gasteiger partial charge in [-0.05, 0) is 19.1 Å². The van der Waals surface area contributed by atoms with Crippen molar-refractivity contribution in [1.82, 2.24) is 0 Å². The highest BCUT2D eigenvalue weighted by Crippen LogP contribution is 2.38. The molecule has 1 unspecified atom stereocenters. The summed E-state index contributed by atoms with van der Waals surface area (Å²) in [5, 5.41) is 0.721. The quantitative estimate of drug-likeness (QED) is 0.940. The SMILES string of the molecule is CCOC1(C(N)c2cc3cccc(F)c3o2)CCOCC1. The van der Waals surface area contributed by atoms with Crippen LogP contribution in [0.1, 0.15) is 31.6 Å². The summed E-state index contributed by atoms with van der Waals surface area (Å²) in [6.45, 7) is 3.75. The van der Waals surface area contributed by atoms with Gasteiger partial charge in [0.25, 0.3) is 0 Å². The zero-order valence-electron chi connectivity index (χ0n) is 12.1. The van der Waals surface area contributed by atoms with E-state index in [1.165, 1.54) is 6.07 Å².